The summed E-state index contributed by atoms with van der Waals surface area (Å²) in [5.74, 6) is 0. The third-order valence-electron chi connectivity index (χ3n) is 13.1. The van der Waals surface area contributed by atoms with Crippen LogP contribution in [0.3, 0.4) is 0 Å². The summed E-state index contributed by atoms with van der Waals surface area (Å²) in [6.45, 7) is 0. The lowest BCUT2D eigenvalue weighted by molar-refractivity contribution is 0.978. The molecule has 12 rings (SSSR count). The molecule has 0 bridgehead atoms. The molecule has 64 heavy (non-hydrogen) atoms. The monoisotopic (exact) mass is 816 g/mol. The Morgan fingerprint density at radius 1 is 0.344 bits per heavy atom. The summed E-state index contributed by atoms with van der Waals surface area (Å²) in [6, 6.07) is 86.7. The maximum atomic E-state index is 2.44. The third kappa shape index (κ3) is 6.51. The van der Waals surface area contributed by atoms with Gasteiger partial charge in [-0.05, 0) is 128 Å². The first-order valence-corrected chi connectivity index (χ1v) is 22.3. The van der Waals surface area contributed by atoms with Crippen molar-refractivity contribution in [1.82, 2.24) is 4.57 Å². The Labute approximate surface area is 374 Å². The molecule has 0 saturated heterocycles. The second kappa shape index (κ2) is 15.9. The van der Waals surface area contributed by atoms with E-state index in [9.17, 15) is 0 Å². The lowest BCUT2D eigenvalue weighted by atomic mass is 9.87. The van der Waals surface area contributed by atoms with Crippen molar-refractivity contribution in [3.8, 4) is 39.1 Å². The van der Waals surface area contributed by atoms with E-state index in [1.54, 1.807) is 0 Å². The number of nitrogens with zero attached hydrogens (tertiary/aromatic N) is 2. The smallest absolute Gasteiger partial charge is 0.0541 e. The number of fused-ring (bicyclic) bond motifs is 5. The Morgan fingerprint density at radius 3 is 1.64 bits per heavy atom. The van der Waals surface area contributed by atoms with Crippen molar-refractivity contribution < 1.29 is 0 Å². The summed E-state index contributed by atoms with van der Waals surface area (Å²) in [4.78, 5) is 2.41. The molecule has 2 heteroatoms. The number of benzene rings is 10. The van der Waals surface area contributed by atoms with E-state index in [0.29, 0.717) is 0 Å². The van der Waals surface area contributed by atoms with Crippen LogP contribution in [0.5, 0.6) is 0 Å². The fourth-order valence-electron chi connectivity index (χ4n) is 10.1. The van der Waals surface area contributed by atoms with Gasteiger partial charge in [0.2, 0.25) is 0 Å². The Kier molecular flexibility index (Phi) is 9.34. The first-order valence-electron chi connectivity index (χ1n) is 22.3. The summed E-state index contributed by atoms with van der Waals surface area (Å²) >= 11 is 0. The van der Waals surface area contributed by atoms with Crippen LogP contribution in [0.4, 0.5) is 17.1 Å². The average Bonchev–Trinajstić information content (AvgIpc) is 3.71. The van der Waals surface area contributed by atoms with E-state index in [-0.39, 0.29) is 0 Å². The Bertz CT molecular complexity index is 3480. The third-order valence-corrected chi connectivity index (χ3v) is 13.1. The number of hydrogen-bond acceptors (Lipinski definition) is 1. The lowest BCUT2D eigenvalue weighted by Gasteiger charge is -2.28. The molecule has 1 aromatic heterocycles. The molecule has 0 radical (unpaired) electrons. The minimum absolute atomic E-state index is 1.05. The molecule has 0 atom stereocenters. The zero-order chi connectivity index (χ0) is 42.4. The van der Waals surface area contributed by atoms with Crippen molar-refractivity contribution in [3.05, 3.63) is 259 Å². The second-order valence-electron chi connectivity index (χ2n) is 16.8. The number of hydrogen-bond donors (Lipinski definition) is 0. The van der Waals surface area contributed by atoms with Crippen LogP contribution in [0.15, 0.2) is 243 Å². The van der Waals surface area contributed by atoms with E-state index in [0.717, 1.165) is 35.6 Å². The Morgan fingerprint density at radius 2 is 0.891 bits per heavy atom. The van der Waals surface area contributed by atoms with Gasteiger partial charge in [0.25, 0.3) is 0 Å². The number of rotatable bonds is 8. The minimum atomic E-state index is 1.05. The largest absolute Gasteiger partial charge is 0.310 e. The summed E-state index contributed by atoms with van der Waals surface area (Å²) in [6.07, 6.45) is 4.55. The fourth-order valence-corrected chi connectivity index (χ4v) is 10.1. The number of allylic oxidation sites excluding steroid dienone is 1. The molecule has 0 amide bonds. The fraction of sp³-hybridized carbons (Fsp3) is 0.0323. The zero-order valence-electron chi connectivity index (χ0n) is 35.4. The Balaban J connectivity index is 1.03. The summed E-state index contributed by atoms with van der Waals surface area (Å²) in [7, 11) is 0. The maximum Gasteiger partial charge on any atom is 0.0541 e. The standard InChI is InChI=1S/C62H44N2/c1-2-16-45(17-3-1)59-42-50(40-41-55(59)56-24-8-11-29-60(56)64-61-30-12-9-25-57(61)58-26-10-13-31-62(58)64)63(48-36-32-46(33-37-48)53-27-14-20-43-18-4-6-22-51(43)53)49-38-34-47(35-39-49)54-28-15-21-44-19-5-7-23-52(44)54/h1-14,16-20,22-42H,15,21H2. The van der Waals surface area contributed by atoms with Gasteiger partial charge >= 0.3 is 0 Å². The average molecular weight is 817 g/mol. The van der Waals surface area contributed by atoms with Gasteiger partial charge < -0.3 is 9.47 Å². The predicted molar refractivity (Wildman–Crippen MR) is 271 cm³/mol. The van der Waals surface area contributed by atoms with Gasteiger partial charge in [-0.3, -0.25) is 0 Å². The molecular formula is C62H44N2. The van der Waals surface area contributed by atoms with Crippen LogP contribution in [-0.2, 0) is 6.42 Å². The van der Waals surface area contributed by atoms with Crippen molar-refractivity contribution in [2.75, 3.05) is 4.90 Å². The van der Waals surface area contributed by atoms with Crippen LogP contribution in [-0.4, -0.2) is 4.57 Å². The lowest BCUT2D eigenvalue weighted by Crippen LogP contribution is -2.10. The molecule has 10 aromatic carbocycles. The SMILES string of the molecule is C1=C(c2ccc(N(c3ccc(-c4cccc5ccccc45)cc3)c3ccc(-c4ccccc4-n4c5ccccc5c5ccccc54)c(-c4ccccc4)c3)cc2)c2ccccc2CC1. The highest BCUT2D eigenvalue weighted by Gasteiger charge is 2.21. The van der Waals surface area contributed by atoms with Crippen molar-refractivity contribution in [2.24, 2.45) is 0 Å². The topological polar surface area (TPSA) is 8.17 Å². The van der Waals surface area contributed by atoms with Crippen LogP contribution < -0.4 is 4.90 Å². The van der Waals surface area contributed by atoms with E-state index >= 15 is 0 Å². The van der Waals surface area contributed by atoms with Gasteiger partial charge in [-0.15, -0.1) is 0 Å². The first kappa shape index (κ1) is 37.6. The second-order valence-corrected chi connectivity index (χ2v) is 16.8. The molecule has 0 N–H and O–H groups in total. The minimum Gasteiger partial charge on any atom is -0.310 e. The van der Waals surface area contributed by atoms with Crippen LogP contribution in [0.25, 0.3) is 77.2 Å². The van der Waals surface area contributed by atoms with Crippen molar-refractivity contribution >= 4 is 55.2 Å². The molecule has 1 aliphatic carbocycles. The molecule has 0 fully saturated rings. The molecule has 11 aromatic rings. The molecule has 0 spiro atoms. The van der Waals surface area contributed by atoms with Crippen LogP contribution in [0.2, 0.25) is 0 Å². The van der Waals surface area contributed by atoms with Gasteiger partial charge in [0.05, 0.1) is 16.7 Å². The molecule has 2 nitrogen and oxygen atoms in total. The van der Waals surface area contributed by atoms with Crippen LogP contribution in [0.1, 0.15) is 23.1 Å². The predicted octanol–water partition coefficient (Wildman–Crippen LogP) is 16.8. The molecule has 0 unspecified atom stereocenters. The molecule has 0 saturated carbocycles. The van der Waals surface area contributed by atoms with Gasteiger partial charge in [0.15, 0.2) is 0 Å². The maximum absolute atomic E-state index is 2.44. The molecule has 1 heterocycles. The van der Waals surface area contributed by atoms with Gasteiger partial charge in [0.1, 0.15) is 0 Å². The quantitative estimate of drug-likeness (QED) is 0.148. The van der Waals surface area contributed by atoms with E-state index in [4.69, 9.17) is 0 Å². The normalized spacial score (nSPS) is 12.3. The van der Waals surface area contributed by atoms with Gasteiger partial charge in [-0.2, -0.15) is 0 Å². The van der Waals surface area contributed by atoms with Crippen LogP contribution in [0, 0.1) is 0 Å². The summed E-state index contributed by atoms with van der Waals surface area (Å²) < 4.78 is 2.44. The highest BCUT2D eigenvalue weighted by Crippen LogP contribution is 2.44. The number of aromatic nitrogens is 1. The van der Waals surface area contributed by atoms with Crippen LogP contribution >= 0.6 is 0 Å². The Hall–Kier alpha value is -8.20. The molecular weight excluding hydrogens is 773 g/mol. The molecule has 0 aliphatic heterocycles. The van der Waals surface area contributed by atoms with Gasteiger partial charge in [-0.1, -0.05) is 188 Å². The van der Waals surface area contributed by atoms with Gasteiger partial charge in [-0.25, -0.2) is 0 Å². The highest BCUT2D eigenvalue weighted by atomic mass is 15.1. The van der Waals surface area contributed by atoms with Crippen molar-refractivity contribution in [1.29, 1.82) is 0 Å². The van der Waals surface area contributed by atoms with Crippen molar-refractivity contribution in [3.63, 3.8) is 0 Å². The van der Waals surface area contributed by atoms with E-state index in [2.05, 4.69) is 252 Å². The van der Waals surface area contributed by atoms with Crippen molar-refractivity contribution in [2.45, 2.75) is 12.8 Å². The molecule has 1 aliphatic rings. The molecule has 302 valence electrons. The van der Waals surface area contributed by atoms with Gasteiger partial charge in [0, 0.05) is 33.4 Å². The summed E-state index contributed by atoms with van der Waals surface area (Å²) in [5, 5.41) is 5.01. The number of aryl methyl sites for hydroxylation is 1. The first-order chi connectivity index (χ1) is 31.8. The van der Waals surface area contributed by atoms with E-state index < -0.39 is 0 Å². The van der Waals surface area contributed by atoms with E-state index in [1.807, 2.05) is 0 Å². The highest BCUT2D eigenvalue weighted by molar-refractivity contribution is 6.10. The summed E-state index contributed by atoms with van der Waals surface area (Å²) in [5.41, 5.74) is 19.3. The van der Waals surface area contributed by atoms with E-state index in [1.165, 1.54) is 88.2 Å². The zero-order valence-corrected chi connectivity index (χ0v) is 35.4. The number of anilines is 3. The number of para-hydroxylation sites is 3.